The molecule has 0 bridgehead atoms. The molecule has 132 valence electrons. The van der Waals surface area contributed by atoms with E-state index in [4.69, 9.17) is 0 Å². The average molecular weight is 353 g/mol. The van der Waals surface area contributed by atoms with Gasteiger partial charge in [0.25, 0.3) is 5.91 Å². The van der Waals surface area contributed by atoms with Crippen LogP contribution in [0.15, 0.2) is 54.7 Å². The van der Waals surface area contributed by atoms with Gasteiger partial charge in [-0.1, -0.05) is 6.07 Å². The van der Waals surface area contributed by atoms with Crippen LogP contribution in [0, 0.1) is 25.5 Å². The number of rotatable bonds is 4. The van der Waals surface area contributed by atoms with E-state index in [0.717, 1.165) is 23.3 Å². The Labute approximate surface area is 149 Å². The number of aryl methyl sites for hydroxylation is 2. The van der Waals surface area contributed by atoms with Gasteiger partial charge in [0.15, 0.2) is 11.6 Å². The summed E-state index contributed by atoms with van der Waals surface area (Å²) in [4.78, 5) is 16.5. The van der Waals surface area contributed by atoms with Crippen LogP contribution in [0.4, 0.5) is 25.8 Å². The summed E-state index contributed by atoms with van der Waals surface area (Å²) in [5.74, 6) is -2.22. The number of hydrogen-bond acceptors (Lipinski definition) is 3. The van der Waals surface area contributed by atoms with Crippen LogP contribution < -0.4 is 10.6 Å². The number of pyridine rings is 1. The summed E-state index contributed by atoms with van der Waals surface area (Å²) >= 11 is 0. The van der Waals surface area contributed by atoms with Crippen LogP contribution in [0.25, 0.3) is 0 Å². The molecule has 6 heteroatoms. The largest absolute Gasteiger partial charge is 0.355 e. The van der Waals surface area contributed by atoms with E-state index in [1.54, 1.807) is 6.07 Å². The minimum atomic E-state index is -0.947. The standard InChI is InChI=1S/C20H17F2N3O/c1-12-3-4-14(9-13(12)2)25-20(26)19-11-16(7-8-23-19)24-15-5-6-17(21)18(22)10-15/h3-11H,1-2H3,(H,23,24)(H,25,26). The Kier molecular flexibility index (Phi) is 4.93. The third-order valence-electron chi connectivity index (χ3n) is 3.97. The molecule has 0 radical (unpaired) electrons. The number of benzene rings is 2. The van der Waals surface area contributed by atoms with Gasteiger partial charge in [0.2, 0.25) is 0 Å². The van der Waals surface area contributed by atoms with Gasteiger partial charge >= 0.3 is 0 Å². The maximum Gasteiger partial charge on any atom is 0.274 e. The molecule has 2 aromatic carbocycles. The first-order valence-corrected chi connectivity index (χ1v) is 7.99. The number of anilines is 3. The molecule has 26 heavy (non-hydrogen) atoms. The van der Waals surface area contributed by atoms with Crippen LogP contribution in [0.3, 0.4) is 0 Å². The van der Waals surface area contributed by atoms with Gasteiger partial charge in [0.05, 0.1) is 0 Å². The van der Waals surface area contributed by atoms with E-state index >= 15 is 0 Å². The fraction of sp³-hybridized carbons (Fsp3) is 0.100. The normalized spacial score (nSPS) is 10.5. The van der Waals surface area contributed by atoms with Gasteiger partial charge in [-0.2, -0.15) is 0 Å². The summed E-state index contributed by atoms with van der Waals surface area (Å²) < 4.78 is 26.3. The Hall–Kier alpha value is -3.28. The zero-order chi connectivity index (χ0) is 18.7. The molecule has 0 aliphatic rings. The van der Waals surface area contributed by atoms with Crippen LogP contribution in [0.2, 0.25) is 0 Å². The Bertz CT molecular complexity index is 973. The third kappa shape index (κ3) is 4.03. The van der Waals surface area contributed by atoms with E-state index in [1.807, 2.05) is 32.0 Å². The highest BCUT2D eigenvalue weighted by molar-refractivity contribution is 6.03. The van der Waals surface area contributed by atoms with E-state index in [1.165, 1.54) is 18.3 Å². The van der Waals surface area contributed by atoms with Crippen LogP contribution in [0.5, 0.6) is 0 Å². The average Bonchev–Trinajstić information content (AvgIpc) is 2.61. The maximum atomic E-state index is 13.3. The molecule has 0 atom stereocenters. The van der Waals surface area contributed by atoms with Crippen LogP contribution in [-0.2, 0) is 0 Å². The quantitative estimate of drug-likeness (QED) is 0.696. The smallest absolute Gasteiger partial charge is 0.274 e. The lowest BCUT2D eigenvalue weighted by molar-refractivity contribution is 0.102. The van der Waals surface area contributed by atoms with E-state index < -0.39 is 11.6 Å². The molecule has 0 saturated carbocycles. The molecule has 3 rings (SSSR count). The van der Waals surface area contributed by atoms with Crippen molar-refractivity contribution in [3.05, 3.63) is 83.2 Å². The van der Waals surface area contributed by atoms with Gasteiger partial charge in [-0.3, -0.25) is 9.78 Å². The van der Waals surface area contributed by atoms with Crippen LogP contribution in [-0.4, -0.2) is 10.9 Å². The van der Waals surface area contributed by atoms with Crippen molar-refractivity contribution >= 4 is 23.0 Å². The second-order valence-corrected chi connectivity index (χ2v) is 5.94. The zero-order valence-corrected chi connectivity index (χ0v) is 14.3. The molecule has 2 N–H and O–H groups in total. The molecule has 0 unspecified atom stereocenters. The molecule has 0 saturated heterocycles. The summed E-state index contributed by atoms with van der Waals surface area (Å²) in [6, 6.07) is 12.3. The number of carbonyl (C=O) groups excluding carboxylic acids is 1. The van der Waals surface area contributed by atoms with E-state index in [-0.39, 0.29) is 11.6 Å². The van der Waals surface area contributed by atoms with Gasteiger partial charge < -0.3 is 10.6 Å². The number of halogens is 2. The van der Waals surface area contributed by atoms with Crippen molar-refractivity contribution in [2.24, 2.45) is 0 Å². The van der Waals surface area contributed by atoms with Crippen molar-refractivity contribution < 1.29 is 13.6 Å². The number of hydrogen-bond donors (Lipinski definition) is 2. The fourth-order valence-corrected chi connectivity index (χ4v) is 2.39. The summed E-state index contributed by atoms with van der Waals surface area (Å²) in [7, 11) is 0. The van der Waals surface area contributed by atoms with E-state index in [0.29, 0.717) is 17.1 Å². The van der Waals surface area contributed by atoms with Crippen LogP contribution in [0.1, 0.15) is 21.6 Å². The predicted octanol–water partition coefficient (Wildman–Crippen LogP) is 4.97. The Morgan fingerprint density at radius 2 is 1.58 bits per heavy atom. The highest BCUT2D eigenvalue weighted by Crippen LogP contribution is 2.20. The number of nitrogens with zero attached hydrogens (tertiary/aromatic N) is 1. The first-order chi connectivity index (χ1) is 12.4. The lowest BCUT2D eigenvalue weighted by Crippen LogP contribution is -2.14. The molecule has 0 spiro atoms. The van der Waals surface area contributed by atoms with Crippen LogP contribution >= 0.6 is 0 Å². The highest BCUT2D eigenvalue weighted by Gasteiger charge is 2.10. The molecule has 0 aliphatic heterocycles. The minimum absolute atomic E-state index is 0.204. The fourth-order valence-electron chi connectivity index (χ4n) is 2.39. The summed E-state index contributed by atoms with van der Waals surface area (Å²) in [5.41, 5.74) is 4.00. The summed E-state index contributed by atoms with van der Waals surface area (Å²) in [6.45, 7) is 3.96. The number of aromatic nitrogens is 1. The molecule has 1 heterocycles. The monoisotopic (exact) mass is 353 g/mol. The van der Waals surface area contributed by atoms with Crippen molar-refractivity contribution in [3.8, 4) is 0 Å². The molecule has 0 fully saturated rings. The minimum Gasteiger partial charge on any atom is -0.355 e. The summed E-state index contributed by atoms with van der Waals surface area (Å²) in [6.07, 6.45) is 1.47. The SMILES string of the molecule is Cc1ccc(NC(=O)c2cc(Nc3ccc(F)c(F)c3)ccn2)cc1C. The molecular weight excluding hydrogens is 336 g/mol. The first kappa shape index (κ1) is 17.5. The number of amides is 1. The van der Waals surface area contributed by atoms with Crippen molar-refractivity contribution in [2.75, 3.05) is 10.6 Å². The van der Waals surface area contributed by atoms with E-state index in [2.05, 4.69) is 15.6 Å². The third-order valence-corrected chi connectivity index (χ3v) is 3.97. The second kappa shape index (κ2) is 7.31. The maximum absolute atomic E-state index is 13.3. The number of carbonyl (C=O) groups is 1. The van der Waals surface area contributed by atoms with Crippen molar-refractivity contribution in [1.82, 2.24) is 4.98 Å². The van der Waals surface area contributed by atoms with Gasteiger partial charge in [-0.05, 0) is 61.4 Å². The molecule has 3 aromatic rings. The molecule has 0 aliphatic carbocycles. The molecule has 4 nitrogen and oxygen atoms in total. The van der Waals surface area contributed by atoms with Crippen molar-refractivity contribution in [1.29, 1.82) is 0 Å². The molecular formula is C20H17F2N3O. The molecule has 1 amide bonds. The van der Waals surface area contributed by atoms with Gasteiger partial charge in [0.1, 0.15) is 5.69 Å². The van der Waals surface area contributed by atoms with Gasteiger partial charge in [0, 0.05) is 29.3 Å². The zero-order valence-electron chi connectivity index (χ0n) is 14.3. The van der Waals surface area contributed by atoms with Crippen molar-refractivity contribution in [2.45, 2.75) is 13.8 Å². The molecule has 1 aromatic heterocycles. The van der Waals surface area contributed by atoms with Gasteiger partial charge in [-0.25, -0.2) is 8.78 Å². The Balaban J connectivity index is 1.76. The lowest BCUT2D eigenvalue weighted by Gasteiger charge is -2.10. The van der Waals surface area contributed by atoms with Gasteiger partial charge in [-0.15, -0.1) is 0 Å². The number of nitrogens with one attached hydrogen (secondary N) is 2. The Morgan fingerprint density at radius 1 is 0.846 bits per heavy atom. The van der Waals surface area contributed by atoms with E-state index in [9.17, 15) is 13.6 Å². The highest BCUT2D eigenvalue weighted by atomic mass is 19.2. The summed E-state index contributed by atoms with van der Waals surface area (Å²) in [5, 5.41) is 5.72. The first-order valence-electron chi connectivity index (χ1n) is 7.99. The Morgan fingerprint density at radius 3 is 2.31 bits per heavy atom. The van der Waals surface area contributed by atoms with Crippen molar-refractivity contribution in [3.63, 3.8) is 0 Å². The topological polar surface area (TPSA) is 54.0 Å². The second-order valence-electron chi connectivity index (χ2n) is 5.94. The predicted molar refractivity (Wildman–Crippen MR) is 97.7 cm³/mol. The lowest BCUT2D eigenvalue weighted by atomic mass is 10.1.